The SMILES string of the molecule is COc1ccc(C(=O)NCC(=O)OCCOc2ccc(F)cc2)cc1. The molecule has 0 bridgehead atoms. The molecule has 0 heterocycles. The van der Waals surface area contributed by atoms with Crippen molar-refractivity contribution in [3.05, 3.63) is 59.9 Å². The number of carbonyl (C=O) groups excluding carboxylic acids is 2. The molecule has 0 aromatic heterocycles. The van der Waals surface area contributed by atoms with Crippen molar-refractivity contribution in [2.24, 2.45) is 0 Å². The number of amides is 1. The summed E-state index contributed by atoms with van der Waals surface area (Å²) in [5.41, 5.74) is 0.410. The molecule has 2 aromatic carbocycles. The van der Waals surface area contributed by atoms with E-state index in [1.165, 1.54) is 31.4 Å². The lowest BCUT2D eigenvalue weighted by Crippen LogP contribution is -2.31. The van der Waals surface area contributed by atoms with E-state index in [-0.39, 0.29) is 31.5 Å². The standard InChI is InChI=1S/C18H18FNO5/c1-23-15-6-2-13(3-7-15)18(22)20-12-17(21)25-11-10-24-16-8-4-14(19)5-9-16/h2-9H,10-12H2,1H3,(H,20,22). The second-order valence-corrected chi connectivity index (χ2v) is 4.93. The zero-order valence-corrected chi connectivity index (χ0v) is 13.7. The lowest BCUT2D eigenvalue weighted by atomic mass is 10.2. The summed E-state index contributed by atoms with van der Waals surface area (Å²) in [5.74, 6) is -0.208. The predicted octanol–water partition coefficient (Wildman–Crippen LogP) is 2.19. The van der Waals surface area contributed by atoms with Crippen LogP contribution in [0.3, 0.4) is 0 Å². The highest BCUT2D eigenvalue weighted by atomic mass is 19.1. The summed E-state index contributed by atoms with van der Waals surface area (Å²) in [6.07, 6.45) is 0. The Morgan fingerprint density at radius 3 is 2.24 bits per heavy atom. The van der Waals surface area contributed by atoms with Crippen molar-refractivity contribution >= 4 is 11.9 Å². The van der Waals surface area contributed by atoms with Crippen LogP contribution in [-0.4, -0.2) is 38.7 Å². The number of carbonyl (C=O) groups is 2. The Labute approximate surface area is 144 Å². The lowest BCUT2D eigenvalue weighted by molar-refractivity contribution is -0.143. The molecule has 0 radical (unpaired) electrons. The second-order valence-electron chi connectivity index (χ2n) is 4.93. The van der Waals surface area contributed by atoms with Gasteiger partial charge in [0, 0.05) is 5.56 Å². The number of hydrogen-bond donors (Lipinski definition) is 1. The molecule has 132 valence electrons. The van der Waals surface area contributed by atoms with Gasteiger partial charge < -0.3 is 19.5 Å². The van der Waals surface area contributed by atoms with Gasteiger partial charge in [0.15, 0.2) is 0 Å². The average Bonchev–Trinajstić information content (AvgIpc) is 2.64. The van der Waals surface area contributed by atoms with Crippen LogP contribution in [0.4, 0.5) is 4.39 Å². The largest absolute Gasteiger partial charge is 0.497 e. The highest BCUT2D eigenvalue weighted by Gasteiger charge is 2.09. The van der Waals surface area contributed by atoms with Crippen LogP contribution >= 0.6 is 0 Å². The minimum atomic E-state index is -0.579. The number of benzene rings is 2. The molecule has 6 nitrogen and oxygen atoms in total. The van der Waals surface area contributed by atoms with Crippen molar-refractivity contribution in [3.8, 4) is 11.5 Å². The number of rotatable bonds is 8. The summed E-state index contributed by atoms with van der Waals surface area (Å²) in [6.45, 7) is -0.0974. The Bertz CT molecular complexity index is 700. The van der Waals surface area contributed by atoms with Gasteiger partial charge in [0.2, 0.25) is 0 Å². The number of ether oxygens (including phenoxy) is 3. The Morgan fingerprint density at radius 2 is 1.60 bits per heavy atom. The van der Waals surface area contributed by atoms with E-state index in [1.807, 2.05) is 0 Å². The van der Waals surface area contributed by atoms with Crippen molar-refractivity contribution in [2.45, 2.75) is 0 Å². The summed E-state index contributed by atoms with van der Waals surface area (Å²) < 4.78 is 28.0. The first-order chi connectivity index (χ1) is 12.1. The number of methoxy groups -OCH3 is 1. The van der Waals surface area contributed by atoms with E-state index in [1.54, 1.807) is 24.3 Å². The third-order valence-corrected chi connectivity index (χ3v) is 3.17. The van der Waals surface area contributed by atoms with E-state index in [0.29, 0.717) is 17.1 Å². The van der Waals surface area contributed by atoms with Gasteiger partial charge >= 0.3 is 5.97 Å². The normalized spacial score (nSPS) is 10.0. The fourth-order valence-electron chi connectivity index (χ4n) is 1.89. The summed E-state index contributed by atoms with van der Waals surface area (Å²) in [4.78, 5) is 23.4. The first kappa shape index (κ1) is 18.3. The van der Waals surface area contributed by atoms with Crippen LogP contribution in [0, 0.1) is 5.82 Å². The molecule has 1 N–H and O–H groups in total. The molecule has 0 aliphatic rings. The minimum Gasteiger partial charge on any atom is -0.497 e. The predicted molar refractivity (Wildman–Crippen MR) is 88.2 cm³/mol. The third-order valence-electron chi connectivity index (χ3n) is 3.17. The zero-order chi connectivity index (χ0) is 18.1. The molecule has 0 unspecified atom stereocenters. The average molecular weight is 347 g/mol. The maximum absolute atomic E-state index is 12.7. The van der Waals surface area contributed by atoms with Gasteiger partial charge in [-0.3, -0.25) is 9.59 Å². The van der Waals surface area contributed by atoms with Gasteiger partial charge in [0.05, 0.1) is 7.11 Å². The first-order valence-electron chi connectivity index (χ1n) is 7.55. The molecule has 7 heteroatoms. The number of hydrogen-bond acceptors (Lipinski definition) is 5. The fourth-order valence-corrected chi connectivity index (χ4v) is 1.89. The highest BCUT2D eigenvalue weighted by molar-refractivity contribution is 5.95. The van der Waals surface area contributed by atoms with Gasteiger partial charge in [0.1, 0.15) is 37.1 Å². The number of esters is 1. The summed E-state index contributed by atoms with van der Waals surface area (Å²) >= 11 is 0. The minimum absolute atomic E-state index is 0.0224. The molecule has 0 spiro atoms. The van der Waals surface area contributed by atoms with Crippen LogP contribution in [-0.2, 0) is 9.53 Å². The van der Waals surface area contributed by atoms with Gasteiger partial charge in [-0.25, -0.2) is 4.39 Å². The smallest absolute Gasteiger partial charge is 0.325 e. The monoisotopic (exact) mass is 347 g/mol. The number of halogens is 1. The van der Waals surface area contributed by atoms with Gasteiger partial charge in [-0.1, -0.05) is 0 Å². The Kier molecular flexibility index (Phi) is 6.76. The van der Waals surface area contributed by atoms with Crippen molar-refractivity contribution in [3.63, 3.8) is 0 Å². The molecule has 2 rings (SSSR count). The summed E-state index contributed by atoms with van der Waals surface area (Å²) in [6, 6.07) is 12.0. The molecular formula is C18H18FNO5. The first-order valence-corrected chi connectivity index (χ1v) is 7.55. The molecule has 25 heavy (non-hydrogen) atoms. The Hall–Kier alpha value is -3.09. The molecule has 0 aliphatic heterocycles. The molecule has 0 saturated carbocycles. The van der Waals surface area contributed by atoms with E-state index < -0.39 is 5.97 Å². The Balaban J connectivity index is 1.64. The topological polar surface area (TPSA) is 73.9 Å². The van der Waals surface area contributed by atoms with Gasteiger partial charge in [-0.05, 0) is 48.5 Å². The van der Waals surface area contributed by atoms with Gasteiger partial charge in [-0.2, -0.15) is 0 Å². The highest BCUT2D eigenvalue weighted by Crippen LogP contribution is 2.11. The van der Waals surface area contributed by atoms with Crippen molar-refractivity contribution in [2.75, 3.05) is 26.9 Å². The number of nitrogens with one attached hydrogen (secondary N) is 1. The van der Waals surface area contributed by atoms with Crippen molar-refractivity contribution in [1.82, 2.24) is 5.32 Å². The lowest BCUT2D eigenvalue weighted by Gasteiger charge is -2.08. The quantitative estimate of drug-likeness (QED) is 0.585. The van der Waals surface area contributed by atoms with Crippen LogP contribution in [0.15, 0.2) is 48.5 Å². The summed E-state index contributed by atoms with van der Waals surface area (Å²) in [5, 5.41) is 2.46. The molecule has 0 saturated heterocycles. The van der Waals surface area contributed by atoms with Crippen LogP contribution < -0.4 is 14.8 Å². The van der Waals surface area contributed by atoms with E-state index >= 15 is 0 Å². The van der Waals surface area contributed by atoms with E-state index in [2.05, 4.69) is 5.32 Å². The molecular weight excluding hydrogens is 329 g/mol. The van der Waals surface area contributed by atoms with Crippen molar-refractivity contribution < 1.29 is 28.2 Å². The molecule has 0 aliphatic carbocycles. The zero-order valence-electron chi connectivity index (χ0n) is 13.7. The molecule has 0 atom stereocenters. The maximum Gasteiger partial charge on any atom is 0.325 e. The fraction of sp³-hybridized carbons (Fsp3) is 0.222. The van der Waals surface area contributed by atoms with E-state index in [4.69, 9.17) is 14.2 Å². The van der Waals surface area contributed by atoms with Crippen LogP contribution in [0.5, 0.6) is 11.5 Å². The Morgan fingerprint density at radius 1 is 0.960 bits per heavy atom. The summed E-state index contributed by atoms with van der Waals surface area (Å²) in [7, 11) is 1.53. The van der Waals surface area contributed by atoms with E-state index in [9.17, 15) is 14.0 Å². The molecule has 2 aromatic rings. The van der Waals surface area contributed by atoms with Crippen LogP contribution in [0.25, 0.3) is 0 Å². The molecule has 1 amide bonds. The van der Waals surface area contributed by atoms with Gasteiger partial charge in [0.25, 0.3) is 5.91 Å². The van der Waals surface area contributed by atoms with Crippen molar-refractivity contribution in [1.29, 1.82) is 0 Å². The molecule has 0 fully saturated rings. The third kappa shape index (κ3) is 6.14. The van der Waals surface area contributed by atoms with Gasteiger partial charge in [-0.15, -0.1) is 0 Å². The maximum atomic E-state index is 12.7. The van der Waals surface area contributed by atoms with E-state index in [0.717, 1.165) is 0 Å². The van der Waals surface area contributed by atoms with Crippen LogP contribution in [0.1, 0.15) is 10.4 Å². The second kappa shape index (κ2) is 9.27. The van der Waals surface area contributed by atoms with Crippen LogP contribution in [0.2, 0.25) is 0 Å².